The summed E-state index contributed by atoms with van der Waals surface area (Å²) in [6.07, 6.45) is 0.413. The summed E-state index contributed by atoms with van der Waals surface area (Å²) in [5, 5.41) is 0. The van der Waals surface area contributed by atoms with Crippen molar-refractivity contribution >= 4 is 6.08 Å². The minimum Gasteiger partial charge on any atom is -0.346 e. The van der Waals surface area contributed by atoms with Gasteiger partial charge < -0.3 is 23.7 Å². The highest BCUT2D eigenvalue weighted by Gasteiger charge is 2.57. The molecular formula is C17H20O5. The predicted molar refractivity (Wildman–Crippen MR) is 78.8 cm³/mol. The molecule has 0 N–H and O–H groups in total. The van der Waals surface area contributed by atoms with Crippen LogP contribution >= 0.6 is 0 Å². The fraction of sp³-hybridized carbons (Fsp3) is 0.529. The first-order valence-electron chi connectivity index (χ1n) is 7.57. The molecule has 118 valence electrons. The van der Waals surface area contributed by atoms with Crippen molar-refractivity contribution in [3.8, 4) is 0 Å². The normalized spacial score (nSPS) is 39.3. The van der Waals surface area contributed by atoms with Crippen LogP contribution in [0.2, 0.25) is 0 Å². The molecule has 22 heavy (non-hydrogen) atoms. The van der Waals surface area contributed by atoms with Crippen LogP contribution < -0.4 is 0 Å². The fourth-order valence-corrected chi connectivity index (χ4v) is 3.28. The highest BCUT2D eigenvalue weighted by Crippen LogP contribution is 2.43. The van der Waals surface area contributed by atoms with Crippen LogP contribution in [0.15, 0.2) is 30.8 Å². The Morgan fingerprint density at radius 3 is 2.77 bits per heavy atom. The van der Waals surface area contributed by atoms with Crippen LogP contribution in [0.5, 0.6) is 0 Å². The third-order valence-corrected chi connectivity index (χ3v) is 4.25. The van der Waals surface area contributed by atoms with Crippen LogP contribution in [-0.4, -0.2) is 37.0 Å². The summed E-state index contributed by atoms with van der Waals surface area (Å²) in [4.78, 5) is 0. The Bertz CT molecular complexity index is 584. The zero-order chi connectivity index (χ0) is 15.3. The maximum Gasteiger partial charge on any atom is 0.190 e. The summed E-state index contributed by atoms with van der Waals surface area (Å²) in [6, 6.07) is 7.92. The molecule has 0 unspecified atom stereocenters. The Kier molecular flexibility index (Phi) is 3.36. The van der Waals surface area contributed by atoms with Crippen LogP contribution in [-0.2, 0) is 23.7 Å². The minimum absolute atomic E-state index is 0.154. The quantitative estimate of drug-likeness (QED) is 0.840. The second-order valence-corrected chi connectivity index (χ2v) is 6.24. The van der Waals surface area contributed by atoms with Gasteiger partial charge in [-0.2, -0.15) is 0 Å². The zero-order valence-electron chi connectivity index (χ0n) is 12.7. The largest absolute Gasteiger partial charge is 0.346 e. The molecule has 1 aromatic rings. The lowest BCUT2D eigenvalue weighted by Gasteiger charge is -2.34. The van der Waals surface area contributed by atoms with E-state index < -0.39 is 12.1 Å². The average Bonchev–Trinajstić information content (AvgIpc) is 2.98. The van der Waals surface area contributed by atoms with Gasteiger partial charge in [0, 0.05) is 5.56 Å². The average molecular weight is 304 g/mol. The molecular weight excluding hydrogens is 284 g/mol. The second kappa shape index (κ2) is 5.15. The minimum atomic E-state index is -0.642. The Morgan fingerprint density at radius 2 is 1.95 bits per heavy atom. The van der Waals surface area contributed by atoms with E-state index >= 15 is 0 Å². The number of hydrogen-bond donors (Lipinski definition) is 0. The first kappa shape index (κ1) is 14.4. The van der Waals surface area contributed by atoms with Gasteiger partial charge in [0.2, 0.25) is 0 Å². The molecule has 1 aromatic carbocycles. The van der Waals surface area contributed by atoms with E-state index in [1.54, 1.807) is 6.08 Å². The summed E-state index contributed by atoms with van der Waals surface area (Å²) in [6.45, 7) is 8.07. The molecule has 0 amide bonds. The van der Waals surface area contributed by atoms with Gasteiger partial charge in [0.25, 0.3) is 0 Å². The molecule has 3 aliphatic heterocycles. The standard InChI is InChI=1S/C17H20O5/c1-4-10-7-5-6-8-11(10)15-18-9-12-13(20-15)14-16(19-12)22-17(2,3)21-14/h4-8,12-16H,1,9H2,2-3H3/t12-,13+,14-,15+,16-/m1/s1. The van der Waals surface area contributed by atoms with E-state index in [2.05, 4.69) is 6.58 Å². The van der Waals surface area contributed by atoms with Gasteiger partial charge >= 0.3 is 0 Å². The van der Waals surface area contributed by atoms with Crippen LogP contribution in [0.25, 0.3) is 6.08 Å². The molecule has 0 saturated carbocycles. The van der Waals surface area contributed by atoms with E-state index in [9.17, 15) is 0 Å². The SMILES string of the molecule is C=Cc1ccccc1[C@H]1OC[C@H]2O[C@@H]3OC(C)(C)O[C@@H]3[C@H]2O1. The maximum absolute atomic E-state index is 6.15. The molecule has 3 heterocycles. The Balaban J connectivity index is 1.56. The molecule has 3 aliphatic rings. The number of ether oxygens (including phenoxy) is 5. The first-order chi connectivity index (χ1) is 10.6. The lowest BCUT2D eigenvalue weighted by molar-refractivity contribution is -0.285. The third-order valence-electron chi connectivity index (χ3n) is 4.25. The number of rotatable bonds is 2. The van der Waals surface area contributed by atoms with Gasteiger partial charge in [-0.05, 0) is 19.4 Å². The second-order valence-electron chi connectivity index (χ2n) is 6.24. The molecule has 0 bridgehead atoms. The number of benzene rings is 1. The molecule has 0 spiro atoms. The highest BCUT2D eigenvalue weighted by molar-refractivity contribution is 5.52. The smallest absolute Gasteiger partial charge is 0.190 e. The lowest BCUT2D eigenvalue weighted by atomic mass is 10.1. The van der Waals surface area contributed by atoms with Crippen molar-refractivity contribution in [3.05, 3.63) is 42.0 Å². The predicted octanol–water partition coefficient (Wildman–Crippen LogP) is 2.62. The summed E-state index contributed by atoms with van der Waals surface area (Å²) in [5.74, 6) is -0.642. The van der Waals surface area contributed by atoms with Crippen LogP contribution in [0, 0.1) is 0 Å². The summed E-state index contributed by atoms with van der Waals surface area (Å²) in [7, 11) is 0. The zero-order valence-corrected chi connectivity index (χ0v) is 12.7. The lowest BCUT2D eigenvalue weighted by Crippen LogP contribution is -2.44. The summed E-state index contributed by atoms with van der Waals surface area (Å²) >= 11 is 0. The highest BCUT2D eigenvalue weighted by atomic mass is 16.9. The van der Waals surface area contributed by atoms with Crippen LogP contribution in [0.1, 0.15) is 31.3 Å². The Hall–Kier alpha value is -1.24. The van der Waals surface area contributed by atoms with Crippen molar-refractivity contribution in [2.24, 2.45) is 0 Å². The van der Waals surface area contributed by atoms with Crippen molar-refractivity contribution in [1.29, 1.82) is 0 Å². The number of hydrogen-bond acceptors (Lipinski definition) is 5. The van der Waals surface area contributed by atoms with Crippen molar-refractivity contribution < 1.29 is 23.7 Å². The van der Waals surface area contributed by atoms with E-state index in [-0.39, 0.29) is 24.6 Å². The van der Waals surface area contributed by atoms with Crippen molar-refractivity contribution in [2.75, 3.05) is 6.61 Å². The van der Waals surface area contributed by atoms with E-state index in [0.717, 1.165) is 11.1 Å². The molecule has 5 nitrogen and oxygen atoms in total. The molecule has 5 atom stereocenters. The van der Waals surface area contributed by atoms with Crippen molar-refractivity contribution in [1.82, 2.24) is 0 Å². The molecule has 3 fully saturated rings. The third kappa shape index (κ3) is 2.30. The van der Waals surface area contributed by atoms with Gasteiger partial charge in [-0.25, -0.2) is 0 Å². The van der Waals surface area contributed by atoms with E-state index in [0.29, 0.717) is 6.61 Å². The molecule has 0 aliphatic carbocycles. The van der Waals surface area contributed by atoms with Gasteiger partial charge in [-0.15, -0.1) is 0 Å². The first-order valence-corrected chi connectivity index (χ1v) is 7.57. The summed E-state index contributed by atoms with van der Waals surface area (Å²) in [5.41, 5.74) is 1.97. The molecule has 0 aromatic heterocycles. The van der Waals surface area contributed by atoms with E-state index in [1.807, 2.05) is 38.1 Å². The van der Waals surface area contributed by atoms with Gasteiger partial charge in [0.05, 0.1) is 6.61 Å². The Labute approximate surface area is 129 Å². The van der Waals surface area contributed by atoms with Gasteiger partial charge in [0.15, 0.2) is 18.4 Å². The van der Waals surface area contributed by atoms with Crippen molar-refractivity contribution in [2.45, 2.75) is 50.5 Å². The Morgan fingerprint density at radius 1 is 1.14 bits per heavy atom. The van der Waals surface area contributed by atoms with Gasteiger partial charge in [0.1, 0.15) is 18.3 Å². The fourth-order valence-electron chi connectivity index (χ4n) is 3.28. The van der Waals surface area contributed by atoms with E-state index in [4.69, 9.17) is 23.7 Å². The van der Waals surface area contributed by atoms with E-state index in [1.165, 1.54) is 0 Å². The topological polar surface area (TPSA) is 46.2 Å². The molecule has 0 radical (unpaired) electrons. The molecule has 5 heteroatoms. The van der Waals surface area contributed by atoms with Crippen molar-refractivity contribution in [3.63, 3.8) is 0 Å². The maximum atomic E-state index is 6.15. The number of fused-ring (bicyclic) bond motifs is 3. The van der Waals surface area contributed by atoms with Crippen LogP contribution in [0.4, 0.5) is 0 Å². The molecule has 4 rings (SSSR count). The van der Waals surface area contributed by atoms with Gasteiger partial charge in [-0.1, -0.05) is 36.9 Å². The monoisotopic (exact) mass is 304 g/mol. The van der Waals surface area contributed by atoms with Gasteiger partial charge in [-0.3, -0.25) is 0 Å². The summed E-state index contributed by atoms with van der Waals surface area (Å²) < 4.78 is 29.5. The van der Waals surface area contributed by atoms with Crippen LogP contribution in [0.3, 0.4) is 0 Å². The molecule has 3 saturated heterocycles.